The summed E-state index contributed by atoms with van der Waals surface area (Å²) in [5.41, 5.74) is 8.03. The first-order chi connectivity index (χ1) is 14.1. The Morgan fingerprint density at radius 3 is 2.76 bits per heavy atom. The molecular weight excluding hydrogens is 390 g/mol. The molecule has 4 aliphatic rings. The first-order valence-corrected chi connectivity index (χ1v) is 11.3. The molecule has 0 radical (unpaired) electrons. The van der Waals surface area contributed by atoms with Gasteiger partial charge in [0, 0.05) is 45.0 Å². The first kappa shape index (κ1) is 19.5. The number of nitrogens with two attached hydrogens (primary N) is 1. The second kappa shape index (κ2) is 7.97. The number of fused-ring (bicyclic) bond motifs is 2. The van der Waals surface area contributed by atoms with Gasteiger partial charge in [-0.3, -0.25) is 4.79 Å². The number of piperidine rings is 1. The number of nitrogens with zero attached hydrogens (tertiary/aromatic N) is 1. The lowest BCUT2D eigenvalue weighted by atomic mass is 9.99. The third kappa shape index (κ3) is 3.82. The average molecular weight is 420 g/mol. The second-order valence-electron chi connectivity index (χ2n) is 9.06. The molecule has 1 aliphatic carbocycles. The van der Waals surface area contributed by atoms with E-state index < -0.39 is 0 Å². The van der Waals surface area contributed by atoms with Gasteiger partial charge in [0.2, 0.25) is 0 Å². The van der Waals surface area contributed by atoms with Gasteiger partial charge in [-0.15, -0.1) is 0 Å². The summed E-state index contributed by atoms with van der Waals surface area (Å²) in [5.74, 6) is 3.38. The van der Waals surface area contributed by atoms with E-state index >= 15 is 0 Å². The zero-order chi connectivity index (χ0) is 20.0. The van der Waals surface area contributed by atoms with E-state index in [0.29, 0.717) is 34.5 Å². The van der Waals surface area contributed by atoms with Crippen LogP contribution in [0.1, 0.15) is 35.2 Å². The van der Waals surface area contributed by atoms with Crippen molar-refractivity contribution in [3.63, 3.8) is 0 Å². The van der Waals surface area contributed by atoms with Crippen LogP contribution in [0.2, 0.25) is 5.02 Å². The second-order valence-corrected chi connectivity index (χ2v) is 9.46. The van der Waals surface area contributed by atoms with Crippen LogP contribution in [0, 0.1) is 23.7 Å². The van der Waals surface area contributed by atoms with Crippen molar-refractivity contribution in [2.75, 3.05) is 51.7 Å². The number of benzene rings is 1. The Bertz CT molecular complexity index is 784. The number of hydrogen-bond acceptors (Lipinski definition) is 5. The van der Waals surface area contributed by atoms with E-state index in [0.717, 1.165) is 55.9 Å². The fourth-order valence-corrected chi connectivity index (χ4v) is 5.72. The van der Waals surface area contributed by atoms with Gasteiger partial charge in [0.05, 0.1) is 22.9 Å². The minimum absolute atomic E-state index is 0.103. The highest BCUT2D eigenvalue weighted by atomic mass is 35.5. The zero-order valence-electron chi connectivity index (χ0n) is 16.8. The Balaban J connectivity index is 1.14. The van der Waals surface area contributed by atoms with Gasteiger partial charge >= 0.3 is 0 Å². The summed E-state index contributed by atoms with van der Waals surface area (Å²) >= 11 is 6.27. The Hall–Kier alpha value is -1.50. The Morgan fingerprint density at radius 1 is 1.24 bits per heavy atom. The molecule has 3 heterocycles. The highest BCUT2D eigenvalue weighted by molar-refractivity contribution is 6.33. The van der Waals surface area contributed by atoms with Crippen LogP contribution in [0.15, 0.2) is 6.07 Å². The number of nitrogens with one attached hydrogen (secondary N) is 1. The van der Waals surface area contributed by atoms with Crippen LogP contribution in [-0.2, 0) is 11.2 Å². The van der Waals surface area contributed by atoms with Gasteiger partial charge in [-0.05, 0) is 55.4 Å². The fraction of sp³-hybridized carbons (Fsp3) is 0.682. The van der Waals surface area contributed by atoms with E-state index in [1.54, 1.807) is 6.07 Å². The molecule has 1 saturated carbocycles. The van der Waals surface area contributed by atoms with E-state index in [-0.39, 0.29) is 5.91 Å². The van der Waals surface area contributed by atoms with Gasteiger partial charge in [0.15, 0.2) is 0 Å². The number of anilines is 1. The van der Waals surface area contributed by atoms with Crippen molar-refractivity contribution in [3.8, 4) is 5.75 Å². The van der Waals surface area contributed by atoms with E-state index in [1.807, 2.05) is 0 Å². The lowest BCUT2D eigenvalue weighted by Crippen LogP contribution is -2.35. The number of hydrogen-bond donors (Lipinski definition) is 2. The third-order valence-corrected chi connectivity index (χ3v) is 7.55. The van der Waals surface area contributed by atoms with Crippen LogP contribution >= 0.6 is 11.6 Å². The lowest BCUT2D eigenvalue weighted by Gasteiger charge is -2.28. The summed E-state index contributed by atoms with van der Waals surface area (Å²) in [6.45, 7) is 6.75. The van der Waals surface area contributed by atoms with Crippen LogP contribution < -0.4 is 15.8 Å². The predicted octanol–water partition coefficient (Wildman–Crippen LogP) is 2.58. The minimum Gasteiger partial charge on any atom is -0.492 e. The van der Waals surface area contributed by atoms with Gasteiger partial charge in [-0.2, -0.15) is 0 Å². The molecule has 158 valence electrons. The van der Waals surface area contributed by atoms with E-state index in [2.05, 4.69) is 10.2 Å². The maximum Gasteiger partial charge on any atom is 0.255 e. The number of amides is 1. The summed E-state index contributed by atoms with van der Waals surface area (Å²) in [5, 5.41) is 3.57. The topological polar surface area (TPSA) is 76.8 Å². The maximum atomic E-state index is 12.8. The van der Waals surface area contributed by atoms with Gasteiger partial charge < -0.3 is 25.4 Å². The summed E-state index contributed by atoms with van der Waals surface area (Å²) in [6.07, 6.45) is 4.09. The molecule has 3 N–H and O–H groups in total. The molecule has 2 atom stereocenters. The molecule has 1 aromatic carbocycles. The molecule has 5 rings (SSSR count). The van der Waals surface area contributed by atoms with Crippen molar-refractivity contribution in [1.29, 1.82) is 0 Å². The number of nitrogen functional groups attached to an aromatic ring is 1. The molecule has 0 aromatic heterocycles. The smallest absolute Gasteiger partial charge is 0.255 e. The van der Waals surface area contributed by atoms with Gasteiger partial charge in [0.1, 0.15) is 5.75 Å². The Morgan fingerprint density at radius 2 is 2.00 bits per heavy atom. The summed E-state index contributed by atoms with van der Waals surface area (Å²) in [4.78, 5) is 15.5. The maximum absolute atomic E-state index is 12.8. The fourth-order valence-electron chi connectivity index (χ4n) is 5.49. The molecule has 0 bridgehead atoms. The molecule has 6 nitrogen and oxygen atoms in total. The number of carbonyl (C=O) groups is 1. The van der Waals surface area contributed by atoms with Crippen molar-refractivity contribution in [3.05, 3.63) is 22.2 Å². The van der Waals surface area contributed by atoms with Crippen molar-refractivity contribution >= 4 is 23.2 Å². The molecule has 7 heteroatoms. The van der Waals surface area contributed by atoms with Crippen molar-refractivity contribution < 1.29 is 14.3 Å². The van der Waals surface area contributed by atoms with Gasteiger partial charge in [0.25, 0.3) is 5.91 Å². The number of carbonyl (C=O) groups excluding carboxylic acids is 1. The van der Waals surface area contributed by atoms with Crippen molar-refractivity contribution in [1.82, 2.24) is 10.2 Å². The van der Waals surface area contributed by atoms with Crippen LogP contribution in [0.5, 0.6) is 5.75 Å². The molecule has 3 fully saturated rings. The average Bonchev–Trinajstić information content (AvgIpc) is 3.20. The largest absolute Gasteiger partial charge is 0.492 e. The molecule has 29 heavy (non-hydrogen) atoms. The van der Waals surface area contributed by atoms with Gasteiger partial charge in [-0.1, -0.05) is 11.6 Å². The molecule has 0 spiro atoms. The highest BCUT2D eigenvalue weighted by Crippen LogP contribution is 2.51. The molecule has 2 saturated heterocycles. The zero-order valence-corrected chi connectivity index (χ0v) is 17.5. The van der Waals surface area contributed by atoms with Crippen LogP contribution in [0.3, 0.4) is 0 Å². The van der Waals surface area contributed by atoms with E-state index in [1.165, 1.54) is 32.5 Å². The standard InChI is InChI=1S/C22H30ClN3O3/c23-19-8-15(21-14(20(19)24)2-1-5-29-21)22(27)25-9-16-17-11-26(12-18(16)17)10-13-3-6-28-7-4-13/h8,13,16-18H,1-7,9-12,24H2,(H,25,27). The predicted molar refractivity (Wildman–Crippen MR) is 112 cm³/mol. The Kier molecular flexibility index (Phi) is 5.35. The molecule has 1 amide bonds. The molecule has 2 unspecified atom stereocenters. The molecule has 3 aliphatic heterocycles. The highest BCUT2D eigenvalue weighted by Gasteiger charge is 2.55. The van der Waals surface area contributed by atoms with Crippen LogP contribution in [-0.4, -0.2) is 56.8 Å². The number of halogens is 1. The third-order valence-electron chi connectivity index (χ3n) is 7.24. The summed E-state index contributed by atoms with van der Waals surface area (Å²) < 4.78 is 11.2. The summed E-state index contributed by atoms with van der Waals surface area (Å²) in [7, 11) is 0. The normalized spacial score (nSPS) is 29.1. The first-order valence-electron chi connectivity index (χ1n) is 10.9. The quantitative estimate of drug-likeness (QED) is 0.717. The van der Waals surface area contributed by atoms with Crippen LogP contribution in [0.4, 0.5) is 5.69 Å². The lowest BCUT2D eigenvalue weighted by molar-refractivity contribution is 0.0535. The SMILES string of the molecule is Nc1c(Cl)cc(C(=O)NCC2C3CN(CC4CCOCC4)CC23)c2c1CCCO2. The molecular formula is C22H30ClN3O3. The summed E-state index contributed by atoms with van der Waals surface area (Å²) in [6, 6.07) is 1.65. The number of ether oxygens (including phenoxy) is 2. The van der Waals surface area contributed by atoms with Crippen LogP contribution in [0.25, 0.3) is 0 Å². The Labute approximate surface area is 177 Å². The van der Waals surface area contributed by atoms with E-state index in [9.17, 15) is 4.79 Å². The van der Waals surface area contributed by atoms with Gasteiger partial charge in [-0.25, -0.2) is 0 Å². The monoisotopic (exact) mass is 419 g/mol. The van der Waals surface area contributed by atoms with Crippen molar-refractivity contribution in [2.24, 2.45) is 23.7 Å². The van der Waals surface area contributed by atoms with Crippen molar-refractivity contribution in [2.45, 2.75) is 25.7 Å². The van der Waals surface area contributed by atoms with E-state index in [4.69, 9.17) is 26.8 Å². The number of likely N-dealkylation sites (tertiary alicyclic amines) is 1. The molecule has 1 aromatic rings. The number of rotatable bonds is 5. The minimum atomic E-state index is -0.103.